The molecule has 194 valence electrons. The predicted molar refractivity (Wildman–Crippen MR) is 152 cm³/mol. The first-order chi connectivity index (χ1) is 18.0. The van der Waals surface area contributed by atoms with Gasteiger partial charge >= 0.3 is 0 Å². The lowest BCUT2D eigenvalue weighted by Crippen LogP contribution is -2.55. The maximum atomic E-state index is 9.82. The highest BCUT2D eigenvalue weighted by Crippen LogP contribution is 2.51. The highest BCUT2D eigenvalue weighted by atomic mass is 16.4. The molecule has 3 aromatic carbocycles. The molecule has 0 saturated carbocycles. The summed E-state index contributed by atoms with van der Waals surface area (Å²) in [6, 6.07) is 23.1. The van der Waals surface area contributed by atoms with Gasteiger partial charge < -0.3 is 21.5 Å². The number of nitrogens with two attached hydrogens (primary N) is 1. The summed E-state index contributed by atoms with van der Waals surface area (Å²) in [5, 5.41) is 29.7. The first-order valence-corrected chi connectivity index (χ1v) is 13.2. The molecule has 3 aromatic rings. The van der Waals surface area contributed by atoms with Gasteiger partial charge in [0.15, 0.2) is 0 Å². The third-order valence-electron chi connectivity index (χ3n) is 7.42. The maximum absolute atomic E-state index is 9.82. The Labute approximate surface area is 219 Å². The van der Waals surface area contributed by atoms with E-state index in [4.69, 9.17) is 5.73 Å². The van der Waals surface area contributed by atoms with Crippen LogP contribution in [0.15, 0.2) is 77.0 Å². The molecule has 0 aliphatic heterocycles. The molecular formula is C31H38N4O2. The minimum atomic E-state index is -0.586. The summed E-state index contributed by atoms with van der Waals surface area (Å²) in [4.78, 5) is 0. The lowest BCUT2D eigenvalue weighted by atomic mass is 9.77. The number of benzene rings is 3. The van der Waals surface area contributed by atoms with E-state index in [1.165, 1.54) is 16.7 Å². The number of unbranched alkanes of at least 4 members (excludes halogenated alkanes) is 1. The Morgan fingerprint density at radius 3 is 2.24 bits per heavy atom. The summed E-state index contributed by atoms with van der Waals surface area (Å²) in [7, 11) is 0. The van der Waals surface area contributed by atoms with E-state index in [9.17, 15) is 10.4 Å². The monoisotopic (exact) mass is 498 g/mol. The van der Waals surface area contributed by atoms with Gasteiger partial charge in [0, 0.05) is 18.0 Å². The van der Waals surface area contributed by atoms with E-state index < -0.39 is 5.54 Å². The van der Waals surface area contributed by atoms with Crippen molar-refractivity contribution in [1.29, 1.82) is 0 Å². The minimum Gasteiger partial charge on any atom is -0.411 e. The Morgan fingerprint density at radius 2 is 1.59 bits per heavy atom. The van der Waals surface area contributed by atoms with Crippen LogP contribution in [0.25, 0.3) is 22.3 Å². The fourth-order valence-corrected chi connectivity index (χ4v) is 5.53. The van der Waals surface area contributed by atoms with Crippen LogP contribution in [0.1, 0.15) is 69.6 Å². The van der Waals surface area contributed by atoms with Gasteiger partial charge in [0.05, 0.1) is 17.0 Å². The fourth-order valence-electron chi connectivity index (χ4n) is 5.53. The fraction of sp³-hybridized carbons (Fsp3) is 0.355. The van der Waals surface area contributed by atoms with E-state index in [2.05, 4.69) is 84.1 Å². The van der Waals surface area contributed by atoms with Gasteiger partial charge in [-0.15, -0.1) is 0 Å². The van der Waals surface area contributed by atoms with Crippen molar-refractivity contribution in [3.63, 3.8) is 0 Å². The molecule has 1 aliphatic rings. The van der Waals surface area contributed by atoms with Gasteiger partial charge in [-0.2, -0.15) is 0 Å². The molecule has 0 fully saturated rings. The lowest BCUT2D eigenvalue weighted by molar-refractivity contribution is 0.315. The second kappa shape index (κ2) is 11.7. The Morgan fingerprint density at radius 1 is 0.892 bits per heavy atom. The van der Waals surface area contributed by atoms with Crippen LogP contribution >= 0.6 is 0 Å². The Hall–Kier alpha value is -3.48. The van der Waals surface area contributed by atoms with E-state index in [1.807, 2.05) is 12.1 Å². The molecule has 6 nitrogen and oxygen atoms in total. The number of oxime groups is 2. The van der Waals surface area contributed by atoms with Crippen LogP contribution in [0.3, 0.4) is 0 Å². The zero-order valence-corrected chi connectivity index (χ0v) is 22.0. The molecule has 0 spiro atoms. The van der Waals surface area contributed by atoms with Crippen molar-refractivity contribution in [2.45, 2.75) is 64.5 Å². The minimum absolute atomic E-state index is 0.161. The van der Waals surface area contributed by atoms with E-state index in [0.717, 1.165) is 54.5 Å². The molecule has 6 heteroatoms. The summed E-state index contributed by atoms with van der Waals surface area (Å²) >= 11 is 0. The topological polar surface area (TPSA) is 103 Å². The number of hydrogen-bond donors (Lipinski definition) is 4. The van der Waals surface area contributed by atoms with E-state index >= 15 is 0 Å². The molecule has 4 rings (SSSR count). The lowest BCUT2D eigenvalue weighted by Gasteiger charge is -2.39. The Kier molecular flexibility index (Phi) is 8.41. The Balaban J connectivity index is 1.94. The van der Waals surface area contributed by atoms with Crippen LogP contribution in [-0.2, 0) is 5.54 Å². The second-order valence-electron chi connectivity index (χ2n) is 9.93. The smallest absolute Gasteiger partial charge is 0.0925 e. The standard InChI is InChI=1S/C31H38N4O2/c1-4-6-17-33-31(30(32)10-5-2)27-19-23(22-11-8-7-9-12-22)13-15-25(27)26-16-14-24(20-28(26)31)29(35-37)18-21(3)34-36/h7-9,11-16,19-20,30,33,36-37H,4-6,10,17-18,32H2,1-3H3/b34-21+,35-29-. The van der Waals surface area contributed by atoms with E-state index in [0.29, 0.717) is 11.4 Å². The third kappa shape index (κ3) is 5.04. The average Bonchev–Trinajstić information content (AvgIpc) is 3.21. The first kappa shape index (κ1) is 26.6. The molecule has 0 radical (unpaired) electrons. The molecule has 0 aromatic heterocycles. The van der Waals surface area contributed by atoms with Crippen LogP contribution in [0.2, 0.25) is 0 Å². The van der Waals surface area contributed by atoms with Gasteiger partial charge in [-0.1, -0.05) is 91.6 Å². The van der Waals surface area contributed by atoms with Gasteiger partial charge in [-0.05, 0) is 71.8 Å². The summed E-state index contributed by atoms with van der Waals surface area (Å²) in [5.41, 5.74) is 15.1. The van der Waals surface area contributed by atoms with Crippen molar-refractivity contribution >= 4 is 11.4 Å². The van der Waals surface area contributed by atoms with Crippen molar-refractivity contribution < 1.29 is 10.4 Å². The van der Waals surface area contributed by atoms with Gasteiger partial charge in [0.25, 0.3) is 0 Å². The van der Waals surface area contributed by atoms with Gasteiger partial charge in [0.2, 0.25) is 0 Å². The first-order valence-electron chi connectivity index (χ1n) is 13.2. The molecule has 2 unspecified atom stereocenters. The van der Waals surface area contributed by atoms with Crippen LogP contribution in [0, 0.1) is 0 Å². The summed E-state index contributed by atoms with van der Waals surface area (Å²) in [6.45, 7) is 6.90. The van der Waals surface area contributed by atoms with Crippen LogP contribution in [0.5, 0.6) is 0 Å². The maximum Gasteiger partial charge on any atom is 0.0925 e. The zero-order valence-electron chi connectivity index (χ0n) is 22.0. The van der Waals surface area contributed by atoms with Crippen LogP contribution in [0.4, 0.5) is 0 Å². The van der Waals surface area contributed by atoms with Gasteiger partial charge in [-0.25, -0.2) is 0 Å². The third-order valence-corrected chi connectivity index (χ3v) is 7.42. The number of fused-ring (bicyclic) bond motifs is 3. The molecule has 0 saturated heterocycles. The van der Waals surface area contributed by atoms with Crippen LogP contribution < -0.4 is 11.1 Å². The quantitative estimate of drug-likeness (QED) is 0.105. The number of hydrogen-bond acceptors (Lipinski definition) is 6. The van der Waals surface area contributed by atoms with Crippen molar-refractivity contribution in [2.75, 3.05) is 6.54 Å². The van der Waals surface area contributed by atoms with Crippen molar-refractivity contribution in [2.24, 2.45) is 16.0 Å². The highest BCUT2D eigenvalue weighted by Gasteiger charge is 2.47. The molecule has 0 amide bonds. The van der Waals surface area contributed by atoms with Crippen LogP contribution in [-0.4, -0.2) is 34.4 Å². The number of rotatable bonds is 11. The molecule has 1 aliphatic carbocycles. The second-order valence-corrected chi connectivity index (χ2v) is 9.93. The molecule has 0 heterocycles. The molecule has 5 N–H and O–H groups in total. The van der Waals surface area contributed by atoms with Gasteiger partial charge in [0.1, 0.15) is 0 Å². The summed E-state index contributed by atoms with van der Waals surface area (Å²) < 4.78 is 0. The zero-order chi connectivity index (χ0) is 26.4. The van der Waals surface area contributed by atoms with Crippen molar-refractivity contribution in [1.82, 2.24) is 5.32 Å². The normalized spacial score (nSPS) is 17.9. The predicted octanol–water partition coefficient (Wildman–Crippen LogP) is 6.51. The highest BCUT2D eigenvalue weighted by molar-refractivity contribution is 6.12. The molecule has 37 heavy (non-hydrogen) atoms. The molecule has 2 atom stereocenters. The van der Waals surface area contributed by atoms with Gasteiger partial charge in [-0.3, -0.25) is 0 Å². The summed E-state index contributed by atoms with van der Waals surface area (Å²) in [5.74, 6) is 0. The number of nitrogens with zero attached hydrogens (tertiary/aromatic N) is 2. The van der Waals surface area contributed by atoms with Crippen molar-refractivity contribution in [3.8, 4) is 22.3 Å². The molecular weight excluding hydrogens is 460 g/mol. The van der Waals surface area contributed by atoms with E-state index in [1.54, 1.807) is 6.92 Å². The summed E-state index contributed by atoms with van der Waals surface area (Å²) in [6.07, 6.45) is 4.19. The SMILES string of the molecule is CCCCNC1(C(N)CCC)c2cc(/C(C/C(C)=N/O)=N\O)ccc2-c2ccc(-c3ccccc3)cc21. The molecule has 0 bridgehead atoms. The van der Waals surface area contributed by atoms with E-state index in [-0.39, 0.29) is 12.5 Å². The largest absolute Gasteiger partial charge is 0.411 e. The Bertz CT molecular complexity index is 1290. The van der Waals surface area contributed by atoms with Crippen molar-refractivity contribution in [3.05, 3.63) is 83.4 Å². The number of nitrogens with one attached hydrogen (secondary N) is 1. The average molecular weight is 499 g/mol.